The van der Waals surface area contributed by atoms with Crippen LogP contribution in [0.4, 0.5) is 0 Å². The molecule has 6 nitrogen and oxygen atoms in total. The van der Waals surface area contributed by atoms with E-state index < -0.39 is 0 Å². The first-order valence-corrected chi connectivity index (χ1v) is 8.66. The number of aromatic hydroxyl groups is 2. The molecule has 3 aromatic rings. The molecule has 136 valence electrons. The first-order valence-electron chi connectivity index (χ1n) is 8.22. The quantitative estimate of drug-likeness (QED) is 0.594. The Hall–Kier alpha value is -2.67. The van der Waals surface area contributed by atoms with Crippen LogP contribution in [0.5, 0.6) is 17.2 Å². The topological polar surface area (TPSA) is 80.4 Å². The van der Waals surface area contributed by atoms with Gasteiger partial charge in [-0.25, -0.2) is 0 Å². The van der Waals surface area contributed by atoms with E-state index in [4.69, 9.17) is 4.74 Å². The number of aromatic nitrogens is 3. The van der Waals surface area contributed by atoms with Gasteiger partial charge in [0.25, 0.3) is 0 Å². The summed E-state index contributed by atoms with van der Waals surface area (Å²) in [7, 11) is 1.62. The van der Waals surface area contributed by atoms with Crippen LogP contribution in [0.15, 0.2) is 41.6 Å². The van der Waals surface area contributed by atoms with E-state index >= 15 is 0 Å². The lowest BCUT2D eigenvalue weighted by Crippen LogP contribution is -2.04. The highest BCUT2D eigenvalue weighted by atomic mass is 32.1. The van der Waals surface area contributed by atoms with Crippen LogP contribution in [-0.2, 0) is 6.54 Å². The highest BCUT2D eigenvalue weighted by Gasteiger charge is 2.19. The second kappa shape index (κ2) is 7.29. The van der Waals surface area contributed by atoms with Gasteiger partial charge in [0.05, 0.1) is 19.2 Å². The Morgan fingerprint density at radius 1 is 1.08 bits per heavy atom. The third kappa shape index (κ3) is 3.48. The smallest absolute Gasteiger partial charge is 0.188 e. The molecule has 2 N–H and O–H groups in total. The van der Waals surface area contributed by atoms with E-state index in [2.05, 4.69) is 22.8 Å². The number of ether oxygens (including phenoxy) is 1. The lowest BCUT2D eigenvalue weighted by Gasteiger charge is -2.14. The number of hydrogen-bond donors (Lipinski definition) is 3. The van der Waals surface area contributed by atoms with Gasteiger partial charge in [0, 0.05) is 6.07 Å². The van der Waals surface area contributed by atoms with Crippen molar-refractivity contribution >= 4 is 12.6 Å². The molecule has 0 aliphatic heterocycles. The molecule has 1 heterocycles. The molecular weight excluding hydrogens is 350 g/mol. The number of nitrogens with zero attached hydrogens (tertiary/aromatic N) is 3. The molecule has 26 heavy (non-hydrogen) atoms. The van der Waals surface area contributed by atoms with Crippen LogP contribution in [0.2, 0.25) is 0 Å². The zero-order chi connectivity index (χ0) is 18.8. The van der Waals surface area contributed by atoms with Crippen molar-refractivity contribution in [2.45, 2.75) is 31.5 Å². The molecule has 0 amide bonds. The number of rotatable bonds is 5. The molecule has 0 spiro atoms. The molecule has 7 heteroatoms. The minimum Gasteiger partial charge on any atom is -0.508 e. The first-order chi connectivity index (χ1) is 12.4. The lowest BCUT2D eigenvalue weighted by atomic mass is 9.98. The fourth-order valence-electron chi connectivity index (χ4n) is 2.79. The summed E-state index contributed by atoms with van der Waals surface area (Å²) in [4.78, 5) is 0. The van der Waals surface area contributed by atoms with Crippen LogP contribution < -0.4 is 4.74 Å². The van der Waals surface area contributed by atoms with E-state index in [0.29, 0.717) is 23.1 Å². The van der Waals surface area contributed by atoms with Gasteiger partial charge in [-0.3, -0.25) is 4.57 Å². The highest BCUT2D eigenvalue weighted by molar-refractivity contribution is 7.80. The molecule has 3 rings (SSSR count). The molecule has 0 radical (unpaired) electrons. The molecule has 0 atom stereocenters. The predicted octanol–water partition coefficient (Wildman–Crippen LogP) is 3.83. The largest absolute Gasteiger partial charge is 0.508 e. The standard InChI is InChI=1S/C19H21N3O3S/c1-11(2)14-8-15(17(24)9-16(14)23)18-20-21-19(26)22(18)10-12-4-6-13(25-3)7-5-12/h4-9,11,23-24H,10H2,1-3H3,(H,21,26). The molecule has 1 aromatic heterocycles. The highest BCUT2D eigenvalue weighted by Crippen LogP contribution is 2.37. The summed E-state index contributed by atoms with van der Waals surface area (Å²) in [5, 5.41) is 29.1. The Morgan fingerprint density at radius 3 is 2.38 bits per heavy atom. The fourth-order valence-corrected chi connectivity index (χ4v) is 3.00. The van der Waals surface area contributed by atoms with Crippen molar-refractivity contribution in [2.75, 3.05) is 7.11 Å². The predicted molar refractivity (Wildman–Crippen MR) is 102 cm³/mol. The fraction of sp³-hybridized carbons (Fsp3) is 0.263. The summed E-state index contributed by atoms with van der Waals surface area (Å²) in [5.41, 5.74) is 2.26. The number of phenolic OH excluding ortho intramolecular Hbond substituents is 2. The molecule has 0 aliphatic carbocycles. The molecule has 0 aliphatic rings. The summed E-state index contributed by atoms with van der Waals surface area (Å²) in [5.74, 6) is 1.38. The Kier molecular flexibility index (Phi) is 5.08. The second-order valence-electron chi connectivity index (χ2n) is 6.34. The molecule has 0 fully saturated rings. The minimum atomic E-state index is -0.0522. The Balaban J connectivity index is 2.03. The van der Waals surface area contributed by atoms with Gasteiger partial charge in [0.2, 0.25) is 0 Å². The van der Waals surface area contributed by atoms with Crippen LogP contribution in [0.25, 0.3) is 11.4 Å². The zero-order valence-electron chi connectivity index (χ0n) is 14.8. The van der Waals surface area contributed by atoms with E-state index in [0.717, 1.165) is 16.9 Å². The van der Waals surface area contributed by atoms with E-state index in [9.17, 15) is 10.2 Å². The Morgan fingerprint density at radius 2 is 1.77 bits per heavy atom. The minimum absolute atomic E-state index is 0.0522. The van der Waals surface area contributed by atoms with Gasteiger partial charge in [0.1, 0.15) is 17.2 Å². The number of benzene rings is 2. The summed E-state index contributed by atoms with van der Waals surface area (Å²) in [6.07, 6.45) is 0. The molecular formula is C19H21N3O3S. The van der Waals surface area contributed by atoms with Gasteiger partial charge >= 0.3 is 0 Å². The summed E-state index contributed by atoms with van der Waals surface area (Å²) in [6.45, 7) is 4.44. The maximum atomic E-state index is 10.3. The summed E-state index contributed by atoms with van der Waals surface area (Å²) < 4.78 is 6.99. The van der Waals surface area contributed by atoms with Crippen molar-refractivity contribution < 1.29 is 14.9 Å². The maximum absolute atomic E-state index is 10.3. The van der Waals surface area contributed by atoms with Crippen molar-refractivity contribution in [3.8, 4) is 28.6 Å². The van der Waals surface area contributed by atoms with Crippen LogP contribution >= 0.6 is 12.6 Å². The Bertz CT molecular complexity index is 921. The van der Waals surface area contributed by atoms with Gasteiger partial charge in [-0.2, -0.15) is 0 Å². The Labute approximate surface area is 157 Å². The normalized spacial score (nSPS) is 11.1. The molecule has 0 saturated heterocycles. The van der Waals surface area contributed by atoms with Crippen molar-refractivity contribution in [1.29, 1.82) is 0 Å². The summed E-state index contributed by atoms with van der Waals surface area (Å²) >= 11 is 4.39. The molecule has 0 saturated carbocycles. The van der Waals surface area contributed by atoms with Gasteiger partial charge in [-0.1, -0.05) is 26.0 Å². The van der Waals surface area contributed by atoms with Crippen molar-refractivity contribution in [3.05, 3.63) is 47.5 Å². The van der Waals surface area contributed by atoms with Crippen LogP contribution in [0.1, 0.15) is 30.9 Å². The van der Waals surface area contributed by atoms with Gasteiger partial charge in [-0.15, -0.1) is 22.8 Å². The van der Waals surface area contributed by atoms with E-state index in [1.807, 2.05) is 38.1 Å². The summed E-state index contributed by atoms with van der Waals surface area (Å²) in [6, 6.07) is 10.8. The number of methoxy groups -OCH3 is 1. The van der Waals surface area contributed by atoms with Crippen molar-refractivity contribution in [1.82, 2.24) is 14.8 Å². The van der Waals surface area contributed by atoms with E-state index in [1.54, 1.807) is 17.7 Å². The second-order valence-corrected chi connectivity index (χ2v) is 6.74. The lowest BCUT2D eigenvalue weighted by molar-refractivity contribution is 0.414. The monoisotopic (exact) mass is 371 g/mol. The number of thiol groups is 1. The average molecular weight is 371 g/mol. The average Bonchev–Trinajstić information content (AvgIpc) is 2.96. The first kappa shape index (κ1) is 18.1. The maximum Gasteiger partial charge on any atom is 0.188 e. The third-order valence-corrected chi connectivity index (χ3v) is 4.57. The zero-order valence-corrected chi connectivity index (χ0v) is 15.7. The molecule has 0 bridgehead atoms. The van der Waals surface area contributed by atoms with Crippen LogP contribution in [-0.4, -0.2) is 32.1 Å². The van der Waals surface area contributed by atoms with E-state index in [-0.39, 0.29) is 17.4 Å². The number of hydrogen-bond acceptors (Lipinski definition) is 6. The van der Waals surface area contributed by atoms with Gasteiger partial charge in [-0.05, 0) is 35.2 Å². The SMILES string of the molecule is COc1ccc(Cn2c(S)nnc2-c2cc(C(C)C)c(O)cc2O)cc1. The van der Waals surface area contributed by atoms with Crippen LogP contribution in [0.3, 0.4) is 0 Å². The van der Waals surface area contributed by atoms with Crippen LogP contribution in [0, 0.1) is 0 Å². The van der Waals surface area contributed by atoms with Gasteiger partial charge < -0.3 is 14.9 Å². The molecule has 2 aromatic carbocycles. The number of phenols is 2. The van der Waals surface area contributed by atoms with Crippen molar-refractivity contribution in [3.63, 3.8) is 0 Å². The van der Waals surface area contributed by atoms with E-state index in [1.165, 1.54) is 6.07 Å². The molecule has 0 unspecified atom stereocenters. The van der Waals surface area contributed by atoms with Gasteiger partial charge in [0.15, 0.2) is 11.0 Å². The van der Waals surface area contributed by atoms with Crippen molar-refractivity contribution in [2.24, 2.45) is 0 Å². The third-order valence-electron chi connectivity index (χ3n) is 4.24.